The lowest BCUT2D eigenvalue weighted by atomic mass is 9.62. The van der Waals surface area contributed by atoms with E-state index in [0.29, 0.717) is 0 Å². The number of benzene rings is 1. The van der Waals surface area contributed by atoms with Gasteiger partial charge in [-0.05, 0) is 52.8 Å². The Labute approximate surface area is 157 Å². The van der Waals surface area contributed by atoms with Gasteiger partial charge in [0.15, 0.2) is 0 Å². The maximum atomic E-state index is 10.4. The van der Waals surface area contributed by atoms with Crippen molar-refractivity contribution in [3.8, 4) is 0 Å². The second-order valence-electron chi connectivity index (χ2n) is 8.35. The number of aryl methyl sites for hydroxylation is 1. The van der Waals surface area contributed by atoms with Crippen LogP contribution < -0.4 is 0 Å². The molecule has 138 valence electrons. The molecule has 0 aromatic heterocycles. The van der Waals surface area contributed by atoms with Crippen LogP contribution in [0.1, 0.15) is 62.8 Å². The number of carbonyl (C=O) groups is 1. The summed E-state index contributed by atoms with van der Waals surface area (Å²) < 4.78 is 0. The van der Waals surface area contributed by atoms with Gasteiger partial charge in [0.2, 0.25) is 0 Å². The summed E-state index contributed by atoms with van der Waals surface area (Å²) in [6, 6.07) is 4.73. The van der Waals surface area contributed by atoms with Crippen molar-refractivity contribution in [2.45, 2.75) is 58.3 Å². The van der Waals surface area contributed by atoms with Crippen LogP contribution in [0.4, 0.5) is 0 Å². The van der Waals surface area contributed by atoms with Gasteiger partial charge in [-0.25, -0.2) is 4.79 Å². The van der Waals surface area contributed by atoms with E-state index in [9.17, 15) is 4.79 Å². The Morgan fingerprint density at radius 1 is 0.885 bits per heavy atom. The van der Waals surface area contributed by atoms with Crippen LogP contribution in [-0.2, 0) is 15.6 Å². The molecule has 1 aromatic carbocycles. The lowest BCUT2D eigenvalue weighted by molar-refractivity contribution is -0.131. The maximum Gasteiger partial charge on any atom is 0.328 e. The third kappa shape index (κ3) is 4.85. The van der Waals surface area contributed by atoms with Gasteiger partial charge in [0.05, 0.1) is 0 Å². The minimum absolute atomic E-state index is 0.218. The highest BCUT2D eigenvalue weighted by atomic mass is 16.4. The number of hydrogen-bond donors (Lipinski definition) is 1. The Kier molecular flexibility index (Phi) is 6.07. The first-order valence-electron chi connectivity index (χ1n) is 9.20. The monoisotopic (exact) mass is 350 g/mol. The van der Waals surface area contributed by atoms with E-state index in [1.54, 1.807) is 6.08 Å². The van der Waals surface area contributed by atoms with E-state index in [-0.39, 0.29) is 10.8 Å². The third-order valence-corrected chi connectivity index (χ3v) is 5.31. The second kappa shape index (κ2) is 7.90. The highest BCUT2D eigenvalue weighted by molar-refractivity contribution is 5.80. The quantitative estimate of drug-likeness (QED) is 0.514. The Bertz CT molecular complexity index is 787. The van der Waals surface area contributed by atoms with E-state index < -0.39 is 5.97 Å². The molecule has 0 atom stereocenters. The summed E-state index contributed by atoms with van der Waals surface area (Å²) in [7, 11) is 0. The molecular formula is C24H30O2. The smallest absolute Gasteiger partial charge is 0.328 e. The van der Waals surface area contributed by atoms with E-state index in [1.807, 2.05) is 24.3 Å². The second-order valence-corrected chi connectivity index (χ2v) is 8.35. The number of carboxylic acids is 1. The van der Waals surface area contributed by atoms with Crippen molar-refractivity contribution < 1.29 is 9.90 Å². The topological polar surface area (TPSA) is 37.3 Å². The number of aliphatic carboxylic acids is 1. The average molecular weight is 351 g/mol. The summed E-state index contributed by atoms with van der Waals surface area (Å²) in [5.41, 5.74) is 5.99. The van der Waals surface area contributed by atoms with E-state index in [1.165, 1.54) is 41.2 Å². The molecule has 2 rings (SSSR count). The van der Waals surface area contributed by atoms with Gasteiger partial charge in [0.1, 0.15) is 0 Å². The summed E-state index contributed by atoms with van der Waals surface area (Å²) >= 11 is 0. The van der Waals surface area contributed by atoms with Gasteiger partial charge in [-0.2, -0.15) is 0 Å². The fraction of sp³-hybridized carbons (Fsp3) is 0.375. The van der Waals surface area contributed by atoms with Crippen LogP contribution in [0.25, 0.3) is 6.08 Å². The lowest BCUT2D eigenvalue weighted by Gasteiger charge is -2.42. The summed E-state index contributed by atoms with van der Waals surface area (Å²) in [6.07, 6.45) is 16.6. The van der Waals surface area contributed by atoms with Gasteiger partial charge in [0.25, 0.3) is 0 Å². The van der Waals surface area contributed by atoms with Gasteiger partial charge in [0, 0.05) is 6.08 Å². The van der Waals surface area contributed by atoms with E-state index in [2.05, 4.69) is 52.8 Å². The van der Waals surface area contributed by atoms with Gasteiger partial charge in [-0.3, -0.25) is 0 Å². The van der Waals surface area contributed by atoms with Crippen molar-refractivity contribution >= 4 is 12.0 Å². The lowest BCUT2D eigenvalue weighted by Crippen LogP contribution is -2.34. The van der Waals surface area contributed by atoms with Gasteiger partial charge in [-0.1, -0.05) is 82.4 Å². The largest absolute Gasteiger partial charge is 0.478 e. The molecule has 1 aromatic rings. The zero-order valence-electron chi connectivity index (χ0n) is 16.5. The van der Waals surface area contributed by atoms with Crippen molar-refractivity contribution in [1.29, 1.82) is 0 Å². The van der Waals surface area contributed by atoms with Crippen molar-refractivity contribution in [2.24, 2.45) is 0 Å². The molecule has 0 spiro atoms. The highest BCUT2D eigenvalue weighted by Crippen LogP contribution is 2.46. The molecule has 0 saturated heterocycles. The molecule has 1 aliphatic carbocycles. The molecule has 1 N–H and O–H groups in total. The Morgan fingerprint density at radius 2 is 1.38 bits per heavy atom. The molecule has 0 heterocycles. The number of hydrogen-bond acceptors (Lipinski definition) is 1. The first-order valence-corrected chi connectivity index (χ1v) is 9.20. The molecule has 0 amide bonds. The standard InChI is InChI=1S/C24H30O2/c1-18-16-20-21(24(4,5)15-14-23(20,2)3)17-19(18)12-10-8-6-7-9-11-13-22(25)26/h6-13,16-17H,14-15H2,1-5H3,(H,25,26)/b8-6+,9-7+,12-10+,13-11+. The first-order chi connectivity index (χ1) is 12.1. The molecule has 26 heavy (non-hydrogen) atoms. The fourth-order valence-electron chi connectivity index (χ4n) is 3.47. The van der Waals surface area contributed by atoms with Crippen LogP contribution in [0, 0.1) is 6.92 Å². The molecule has 0 fully saturated rings. The third-order valence-electron chi connectivity index (χ3n) is 5.31. The SMILES string of the molecule is Cc1cc2c(cc1/C=C/C=C/C=C/C=C/C(=O)O)C(C)(C)CCC2(C)C. The summed E-state index contributed by atoms with van der Waals surface area (Å²) in [5, 5.41) is 8.51. The number of rotatable bonds is 5. The molecule has 2 nitrogen and oxygen atoms in total. The maximum absolute atomic E-state index is 10.4. The molecule has 0 radical (unpaired) electrons. The van der Waals surface area contributed by atoms with Gasteiger partial charge in [-0.15, -0.1) is 0 Å². The summed E-state index contributed by atoms with van der Waals surface area (Å²) in [6.45, 7) is 11.6. The molecule has 0 bridgehead atoms. The van der Waals surface area contributed by atoms with Crippen molar-refractivity contribution in [1.82, 2.24) is 0 Å². The van der Waals surface area contributed by atoms with Crippen LogP contribution in [-0.4, -0.2) is 11.1 Å². The zero-order valence-corrected chi connectivity index (χ0v) is 16.5. The molecule has 2 heteroatoms. The zero-order chi connectivity index (χ0) is 19.4. The molecular weight excluding hydrogens is 320 g/mol. The highest BCUT2D eigenvalue weighted by Gasteiger charge is 2.37. The van der Waals surface area contributed by atoms with Crippen LogP contribution >= 0.6 is 0 Å². The van der Waals surface area contributed by atoms with Crippen LogP contribution in [0.2, 0.25) is 0 Å². The number of allylic oxidation sites excluding steroid dienone is 6. The molecule has 1 aliphatic rings. The Morgan fingerprint density at radius 3 is 1.96 bits per heavy atom. The normalized spacial score (nSPS) is 19.0. The average Bonchev–Trinajstić information content (AvgIpc) is 2.55. The minimum Gasteiger partial charge on any atom is -0.478 e. The fourth-order valence-corrected chi connectivity index (χ4v) is 3.47. The van der Waals surface area contributed by atoms with Crippen LogP contribution in [0.5, 0.6) is 0 Å². The first kappa shape index (κ1) is 20.0. The number of fused-ring (bicyclic) bond motifs is 1. The predicted molar refractivity (Wildman–Crippen MR) is 111 cm³/mol. The summed E-state index contributed by atoms with van der Waals surface area (Å²) in [4.78, 5) is 10.4. The Hall–Kier alpha value is -2.35. The van der Waals surface area contributed by atoms with Gasteiger partial charge >= 0.3 is 5.97 Å². The van der Waals surface area contributed by atoms with Crippen molar-refractivity contribution in [3.05, 3.63) is 76.9 Å². The van der Waals surface area contributed by atoms with E-state index >= 15 is 0 Å². The minimum atomic E-state index is -0.937. The molecule has 0 saturated carbocycles. The molecule has 0 aliphatic heterocycles. The van der Waals surface area contributed by atoms with E-state index in [4.69, 9.17) is 5.11 Å². The van der Waals surface area contributed by atoms with Crippen LogP contribution in [0.15, 0.2) is 54.7 Å². The molecule has 0 unspecified atom stereocenters. The van der Waals surface area contributed by atoms with Crippen LogP contribution in [0.3, 0.4) is 0 Å². The Balaban J connectivity index is 2.20. The van der Waals surface area contributed by atoms with E-state index in [0.717, 1.165) is 6.08 Å². The van der Waals surface area contributed by atoms with Gasteiger partial charge < -0.3 is 5.11 Å². The summed E-state index contributed by atoms with van der Waals surface area (Å²) in [5.74, 6) is -0.937. The van der Waals surface area contributed by atoms with Crippen molar-refractivity contribution in [2.75, 3.05) is 0 Å². The predicted octanol–water partition coefficient (Wildman–Crippen LogP) is 6.11. The van der Waals surface area contributed by atoms with Crippen molar-refractivity contribution in [3.63, 3.8) is 0 Å². The number of carboxylic acid groups (broad SMARTS) is 1.